The molecule has 4 fully saturated rings. The molecule has 2 N–H and O–H groups in total. The predicted molar refractivity (Wildman–Crippen MR) is 248 cm³/mol. The number of esters is 1. The van der Waals surface area contributed by atoms with Gasteiger partial charge in [0.1, 0.15) is 0 Å². The molecule has 17 nitrogen and oxygen atoms in total. The minimum atomic E-state index is -1.00. The molecule has 4 bridgehead atoms. The molecule has 2 aliphatic heterocycles. The van der Waals surface area contributed by atoms with Crippen molar-refractivity contribution >= 4 is 53.3 Å². The number of carbonyl (C=O) groups is 9. The molecule has 5 unspecified atom stereocenters. The van der Waals surface area contributed by atoms with Crippen molar-refractivity contribution in [1.29, 1.82) is 0 Å². The molecule has 2 heterocycles. The first-order chi connectivity index (χ1) is 32.7. The van der Waals surface area contributed by atoms with Crippen LogP contribution in [0.25, 0.3) is 0 Å². The number of unbranched alkanes of at least 4 members (excludes halogenated alkanes) is 6. The smallest absolute Gasteiger partial charge is 0.334 e. The van der Waals surface area contributed by atoms with E-state index in [1.54, 1.807) is 11.8 Å². The largest absolute Gasteiger partial charge is 0.481 e. The van der Waals surface area contributed by atoms with Crippen LogP contribution >= 0.6 is 0 Å². The summed E-state index contributed by atoms with van der Waals surface area (Å²) in [6.07, 6.45) is 27.1. The number of likely N-dealkylation sites (tertiary alicyclic amines) is 2. The number of nitrogens with zero attached hydrogens (tertiary/aromatic N) is 4. The fourth-order valence-corrected chi connectivity index (χ4v) is 10.6. The van der Waals surface area contributed by atoms with E-state index in [1.165, 1.54) is 21.8 Å². The van der Waals surface area contributed by atoms with E-state index in [0.717, 1.165) is 64.2 Å². The van der Waals surface area contributed by atoms with Gasteiger partial charge in [0.25, 0.3) is 0 Å². The van der Waals surface area contributed by atoms with Crippen LogP contribution in [0.3, 0.4) is 0 Å². The normalized spacial score (nSPS) is 24.8. The van der Waals surface area contributed by atoms with Crippen molar-refractivity contribution in [3.8, 4) is 24.7 Å². The molecule has 0 aromatic rings. The van der Waals surface area contributed by atoms with Crippen molar-refractivity contribution in [3.05, 3.63) is 24.3 Å². The molecular formula is C51H69N5O12. The van der Waals surface area contributed by atoms with Gasteiger partial charge in [0.15, 0.2) is 6.10 Å². The third-order valence-electron chi connectivity index (χ3n) is 14.2. The Kier molecular flexibility index (Phi) is 20.4. The molecule has 17 heteroatoms. The number of hydrogen-bond donors (Lipinski definition) is 2. The molecule has 4 aliphatic carbocycles. The highest BCUT2D eigenvalue weighted by atomic mass is 16.6. The number of carbonyl (C=O) groups excluding carboxylic acids is 8. The van der Waals surface area contributed by atoms with Gasteiger partial charge in [-0.1, -0.05) is 61.8 Å². The number of aliphatic carboxylic acids is 1. The van der Waals surface area contributed by atoms with Gasteiger partial charge in [-0.15, -0.1) is 12.8 Å². The van der Waals surface area contributed by atoms with E-state index >= 15 is 0 Å². The molecule has 9 atom stereocenters. The lowest BCUT2D eigenvalue weighted by molar-refractivity contribution is -0.154. The number of ether oxygens (including phenoxy) is 2. The Morgan fingerprint density at radius 1 is 0.662 bits per heavy atom. The van der Waals surface area contributed by atoms with Crippen LogP contribution < -0.4 is 5.32 Å². The molecule has 2 saturated carbocycles. The fourth-order valence-electron chi connectivity index (χ4n) is 10.6. The Morgan fingerprint density at radius 2 is 1.07 bits per heavy atom. The maximum absolute atomic E-state index is 12.8. The predicted octanol–water partition coefficient (Wildman–Crippen LogP) is 3.36. The summed E-state index contributed by atoms with van der Waals surface area (Å²) in [5.74, 6) is 3.21. The molecule has 68 heavy (non-hydrogen) atoms. The number of carboxylic acids is 1. The second kappa shape index (κ2) is 26.1. The monoisotopic (exact) mass is 943 g/mol. The highest BCUT2D eigenvalue weighted by Gasteiger charge is 2.60. The maximum atomic E-state index is 12.8. The number of hydrogen-bond acceptors (Lipinski definition) is 11. The van der Waals surface area contributed by atoms with E-state index in [9.17, 15) is 43.2 Å². The standard InChI is InChI=1S/C29H41N3O7.C22H28N2O5/c1-4-15-31(24(34)13-12-23(33)30-14-9-18-39-29(37)20(2)38-3)16-7-5-6-8-17-32-27(35)25-21-10-11-22(19-21)26(25)28(32)36;1-2-11-23(17(25)9-10-18(26)27)12-5-3-4-6-13-24-21(28)19-15-7-8-16(14-15)20(19)22(24)29/h1,10-11,20-22,25-26H,5-9,12-19H2,2-3H3,(H,30,33);1,7-8,15-16,19-20H,3-6,9-14H2,(H,26,27)/t20?,21-,22+,25?,26?;15-,16+,19?,20?. The molecular weight excluding hydrogens is 875 g/mol. The molecule has 0 spiro atoms. The molecule has 6 aliphatic rings. The van der Waals surface area contributed by atoms with Gasteiger partial charge in [0.2, 0.25) is 41.4 Å². The van der Waals surface area contributed by atoms with E-state index in [2.05, 4.69) is 41.5 Å². The minimum absolute atomic E-state index is 0.000993. The summed E-state index contributed by atoms with van der Waals surface area (Å²) in [6, 6.07) is 0. The number of imide groups is 2. The van der Waals surface area contributed by atoms with Crippen molar-refractivity contribution in [3.63, 3.8) is 0 Å². The van der Waals surface area contributed by atoms with Gasteiger partial charge in [-0.2, -0.15) is 0 Å². The number of fused-ring (bicyclic) bond motifs is 10. The zero-order chi connectivity index (χ0) is 49.3. The van der Waals surface area contributed by atoms with Gasteiger partial charge in [0, 0.05) is 59.1 Å². The Labute approximate surface area is 400 Å². The number of amides is 7. The minimum Gasteiger partial charge on any atom is -0.481 e. The van der Waals surface area contributed by atoms with Gasteiger partial charge in [-0.3, -0.25) is 48.2 Å². The Balaban J connectivity index is 0.000000265. The van der Waals surface area contributed by atoms with Crippen molar-refractivity contribution in [2.24, 2.45) is 47.3 Å². The summed E-state index contributed by atoms with van der Waals surface area (Å²) in [4.78, 5) is 116. The second-order valence-electron chi connectivity index (χ2n) is 18.7. The van der Waals surface area contributed by atoms with Crippen LogP contribution in [-0.2, 0) is 52.6 Å². The summed E-state index contributed by atoms with van der Waals surface area (Å²) in [5, 5.41) is 11.4. The summed E-state index contributed by atoms with van der Waals surface area (Å²) in [6.45, 7) is 4.37. The summed E-state index contributed by atoms with van der Waals surface area (Å²) < 4.78 is 9.89. The number of allylic oxidation sites excluding steroid dienone is 4. The van der Waals surface area contributed by atoms with Crippen LogP contribution in [-0.4, -0.2) is 144 Å². The number of nitrogens with one attached hydrogen (secondary N) is 1. The van der Waals surface area contributed by atoms with Crippen LogP contribution in [0.15, 0.2) is 24.3 Å². The van der Waals surface area contributed by atoms with Gasteiger partial charge in [-0.05, 0) is 75.5 Å². The van der Waals surface area contributed by atoms with Crippen LogP contribution in [0.1, 0.15) is 103 Å². The van der Waals surface area contributed by atoms with Crippen molar-refractivity contribution in [1.82, 2.24) is 24.9 Å². The Bertz CT molecular complexity index is 1960. The molecule has 370 valence electrons. The van der Waals surface area contributed by atoms with Crippen molar-refractivity contribution < 1.29 is 57.7 Å². The van der Waals surface area contributed by atoms with E-state index in [-0.39, 0.29) is 134 Å². The van der Waals surface area contributed by atoms with E-state index in [4.69, 9.17) is 27.4 Å². The van der Waals surface area contributed by atoms with Crippen LogP contribution in [0.2, 0.25) is 0 Å². The average molecular weight is 944 g/mol. The average Bonchev–Trinajstić information content (AvgIpc) is 4.20. The van der Waals surface area contributed by atoms with E-state index in [0.29, 0.717) is 39.1 Å². The SMILES string of the molecule is C#CCN(CCCCCCN1C(=O)C2C(C1=O)[C@H]1C=C[C@@H]2C1)C(=O)CCC(=O)NCCCOC(=O)C(C)OC.C#CCN(CCCCCCN1C(=O)C2C(C1=O)[C@H]1C=C[C@@H]2C1)C(=O)CCC(=O)O. The second-order valence-corrected chi connectivity index (χ2v) is 18.7. The Morgan fingerprint density at radius 3 is 1.47 bits per heavy atom. The number of rotatable bonds is 28. The molecule has 2 saturated heterocycles. The first kappa shape index (κ1) is 53.1. The zero-order valence-corrected chi connectivity index (χ0v) is 39.7. The summed E-state index contributed by atoms with van der Waals surface area (Å²) in [7, 11) is 1.42. The topological polar surface area (TPSA) is 217 Å². The third-order valence-corrected chi connectivity index (χ3v) is 14.2. The third kappa shape index (κ3) is 13.7. The molecule has 7 amide bonds. The summed E-state index contributed by atoms with van der Waals surface area (Å²) >= 11 is 0. The highest BCUT2D eigenvalue weighted by Crippen LogP contribution is 2.53. The lowest BCUT2D eigenvalue weighted by Crippen LogP contribution is -2.34. The molecule has 6 rings (SSSR count). The highest BCUT2D eigenvalue weighted by molar-refractivity contribution is 6.07. The summed E-state index contributed by atoms with van der Waals surface area (Å²) in [5.41, 5.74) is 0. The maximum Gasteiger partial charge on any atom is 0.334 e. The quantitative estimate of drug-likeness (QED) is 0.0380. The molecule has 0 aromatic heterocycles. The molecule has 0 radical (unpaired) electrons. The Hall–Kier alpha value is -5.81. The van der Waals surface area contributed by atoms with Crippen LogP contribution in [0.5, 0.6) is 0 Å². The first-order valence-electron chi connectivity index (χ1n) is 24.4. The van der Waals surface area contributed by atoms with Gasteiger partial charge >= 0.3 is 11.9 Å². The van der Waals surface area contributed by atoms with E-state index in [1.807, 2.05) is 0 Å². The number of methoxy groups -OCH3 is 1. The van der Waals surface area contributed by atoms with Crippen molar-refractivity contribution in [2.45, 2.75) is 109 Å². The lowest BCUT2D eigenvalue weighted by atomic mass is 9.85. The van der Waals surface area contributed by atoms with E-state index < -0.39 is 18.0 Å². The number of terminal acetylenes is 2. The molecule has 0 aromatic carbocycles. The zero-order valence-electron chi connectivity index (χ0n) is 39.7. The van der Waals surface area contributed by atoms with Gasteiger partial charge in [-0.25, -0.2) is 4.79 Å². The number of carboxylic acid groups (broad SMARTS) is 1. The first-order valence-corrected chi connectivity index (χ1v) is 24.4. The van der Waals surface area contributed by atoms with Crippen molar-refractivity contribution in [2.75, 3.05) is 59.5 Å². The fraction of sp³-hybridized carbons (Fsp3) is 0.667. The van der Waals surface area contributed by atoms with Gasteiger partial charge < -0.3 is 29.7 Å². The van der Waals surface area contributed by atoms with Crippen LogP contribution in [0.4, 0.5) is 0 Å². The van der Waals surface area contributed by atoms with Gasteiger partial charge in [0.05, 0.1) is 49.8 Å². The lowest BCUT2D eigenvalue weighted by Gasteiger charge is -2.20. The van der Waals surface area contributed by atoms with Crippen LogP contribution in [0, 0.1) is 72.0 Å².